The maximum Gasteiger partial charge on any atom is 0.0996 e. The molecular formula is C10H20N4. The van der Waals surface area contributed by atoms with Crippen LogP contribution in [0.4, 0.5) is 0 Å². The van der Waals surface area contributed by atoms with Crippen molar-refractivity contribution < 1.29 is 0 Å². The number of nitrogens with zero attached hydrogens (tertiary/aromatic N) is 3. The Morgan fingerprint density at radius 3 is 2.71 bits per heavy atom. The highest BCUT2D eigenvalue weighted by molar-refractivity contribution is 5.09. The Morgan fingerprint density at radius 2 is 2.14 bits per heavy atom. The summed E-state index contributed by atoms with van der Waals surface area (Å²) in [6.07, 6.45) is 3.38. The van der Waals surface area contributed by atoms with E-state index in [1.807, 2.05) is 11.7 Å². The van der Waals surface area contributed by atoms with Gasteiger partial charge in [-0.1, -0.05) is 25.5 Å². The topological polar surface area (TPSA) is 42.7 Å². The molecule has 0 unspecified atom stereocenters. The van der Waals surface area contributed by atoms with Crippen LogP contribution < -0.4 is 5.32 Å². The Bertz CT molecular complexity index is 267. The molecule has 1 aromatic rings. The predicted molar refractivity (Wildman–Crippen MR) is 57.1 cm³/mol. The van der Waals surface area contributed by atoms with Crippen molar-refractivity contribution in [3.8, 4) is 0 Å². The van der Waals surface area contributed by atoms with Crippen LogP contribution in [0.5, 0.6) is 0 Å². The van der Waals surface area contributed by atoms with E-state index in [-0.39, 0.29) is 0 Å². The van der Waals surface area contributed by atoms with E-state index in [0.717, 1.165) is 25.2 Å². The summed E-state index contributed by atoms with van der Waals surface area (Å²) in [5, 5.41) is 11.5. The van der Waals surface area contributed by atoms with E-state index in [1.165, 1.54) is 18.5 Å². The number of hydrogen-bond donors (Lipinski definition) is 1. The fraction of sp³-hybridized carbons (Fsp3) is 0.800. The predicted octanol–water partition coefficient (Wildman–Crippen LogP) is 1.36. The summed E-state index contributed by atoms with van der Waals surface area (Å²) in [6.45, 7) is 6.16. The van der Waals surface area contributed by atoms with Crippen molar-refractivity contribution in [2.75, 3.05) is 7.05 Å². The Labute approximate surface area is 85.7 Å². The van der Waals surface area contributed by atoms with E-state index in [1.54, 1.807) is 0 Å². The minimum Gasteiger partial charge on any atom is -0.314 e. The lowest BCUT2D eigenvalue weighted by Crippen LogP contribution is -2.09. The first-order valence-electron chi connectivity index (χ1n) is 5.39. The number of aromatic nitrogens is 3. The molecule has 0 aliphatic carbocycles. The van der Waals surface area contributed by atoms with Gasteiger partial charge in [0.1, 0.15) is 0 Å². The zero-order valence-electron chi connectivity index (χ0n) is 9.38. The second-order valence-corrected chi connectivity index (χ2v) is 3.44. The third-order valence-electron chi connectivity index (χ3n) is 2.32. The van der Waals surface area contributed by atoms with Gasteiger partial charge in [0.25, 0.3) is 0 Å². The molecule has 0 amide bonds. The van der Waals surface area contributed by atoms with Crippen molar-refractivity contribution >= 4 is 0 Å². The maximum atomic E-state index is 4.18. The van der Waals surface area contributed by atoms with Crippen LogP contribution in [0.1, 0.15) is 38.1 Å². The van der Waals surface area contributed by atoms with Crippen LogP contribution in [0, 0.1) is 0 Å². The summed E-state index contributed by atoms with van der Waals surface area (Å²) in [5.74, 6) is 0. The molecule has 1 N–H and O–H groups in total. The van der Waals surface area contributed by atoms with Crippen molar-refractivity contribution in [3.63, 3.8) is 0 Å². The molecule has 0 radical (unpaired) electrons. The zero-order chi connectivity index (χ0) is 10.4. The van der Waals surface area contributed by atoms with Gasteiger partial charge in [-0.2, -0.15) is 0 Å². The molecule has 0 saturated carbocycles. The molecule has 0 fully saturated rings. The first kappa shape index (κ1) is 11.2. The molecule has 0 aliphatic rings. The summed E-state index contributed by atoms with van der Waals surface area (Å²) in [6, 6.07) is 0. The molecule has 1 aromatic heterocycles. The number of aryl methyl sites for hydroxylation is 1. The fourth-order valence-corrected chi connectivity index (χ4v) is 1.55. The van der Waals surface area contributed by atoms with Gasteiger partial charge < -0.3 is 5.32 Å². The van der Waals surface area contributed by atoms with Crippen LogP contribution in [-0.4, -0.2) is 22.0 Å². The summed E-state index contributed by atoms with van der Waals surface area (Å²) in [4.78, 5) is 0. The minimum atomic E-state index is 0.815. The standard InChI is InChI=1S/C10H20N4/c1-4-6-7-14-10(5-2)9(8-11-3)12-13-14/h11H,4-8H2,1-3H3. The molecule has 80 valence electrons. The second-order valence-electron chi connectivity index (χ2n) is 3.44. The summed E-state index contributed by atoms with van der Waals surface area (Å²) >= 11 is 0. The van der Waals surface area contributed by atoms with E-state index in [4.69, 9.17) is 0 Å². The largest absolute Gasteiger partial charge is 0.314 e. The number of hydrogen-bond acceptors (Lipinski definition) is 3. The Balaban J connectivity index is 2.73. The number of unbranched alkanes of at least 4 members (excludes halogenated alkanes) is 1. The molecule has 0 saturated heterocycles. The van der Waals surface area contributed by atoms with Crippen LogP contribution in [0.2, 0.25) is 0 Å². The van der Waals surface area contributed by atoms with Gasteiger partial charge in [-0.3, -0.25) is 0 Å². The quantitative estimate of drug-likeness (QED) is 0.747. The van der Waals surface area contributed by atoms with Gasteiger partial charge in [-0.05, 0) is 19.9 Å². The lowest BCUT2D eigenvalue weighted by Gasteiger charge is -2.04. The molecule has 1 rings (SSSR count). The molecule has 0 atom stereocenters. The molecule has 0 aromatic carbocycles. The van der Waals surface area contributed by atoms with Crippen LogP contribution in [0.3, 0.4) is 0 Å². The average molecular weight is 196 g/mol. The Hall–Kier alpha value is -0.900. The molecule has 14 heavy (non-hydrogen) atoms. The lowest BCUT2D eigenvalue weighted by molar-refractivity contribution is 0.535. The van der Waals surface area contributed by atoms with E-state index in [2.05, 4.69) is 29.5 Å². The van der Waals surface area contributed by atoms with E-state index >= 15 is 0 Å². The molecule has 4 heteroatoms. The minimum absolute atomic E-state index is 0.815. The van der Waals surface area contributed by atoms with Gasteiger partial charge in [-0.25, -0.2) is 4.68 Å². The highest BCUT2D eigenvalue weighted by Crippen LogP contribution is 2.07. The molecule has 0 aliphatic heterocycles. The van der Waals surface area contributed by atoms with E-state index in [0.29, 0.717) is 0 Å². The van der Waals surface area contributed by atoms with Gasteiger partial charge in [0.05, 0.1) is 11.4 Å². The lowest BCUT2D eigenvalue weighted by atomic mass is 10.2. The van der Waals surface area contributed by atoms with Gasteiger partial charge >= 0.3 is 0 Å². The highest BCUT2D eigenvalue weighted by Gasteiger charge is 2.09. The van der Waals surface area contributed by atoms with Crippen LogP contribution in [0.15, 0.2) is 0 Å². The second kappa shape index (κ2) is 5.75. The smallest absolute Gasteiger partial charge is 0.0996 e. The first-order chi connectivity index (χ1) is 6.83. The van der Waals surface area contributed by atoms with Gasteiger partial charge in [0.15, 0.2) is 0 Å². The Morgan fingerprint density at radius 1 is 1.36 bits per heavy atom. The van der Waals surface area contributed by atoms with Crippen LogP contribution >= 0.6 is 0 Å². The fourth-order valence-electron chi connectivity index (χ4n) is 1.55. The third kappa shape index (κ3) is 2.54. The van der Waals surface area contributed by atoms with Gasteiger partial charge in [-0.15, -0.1) is 5.10 Å². The van der Waals surface area contributed by atoms with Crippen molar-refractivity contribution in [3.05, 3.63) is 11.4 Å². The zero-order valence-corrected chi connectivity index (χ0v) is 9.38. The third-order valence-corrected chi connectivity index (χ3v) is 2.32. The highest BCUT2D eigenvalue weighted by atomic mass is 15.4. The Kier molecular flexibility index (Phi) is 4.59. The molecule has 1 heterocycles. The summed E-state index contributed by atoms with van der Waals surface area (Å²) in [5.41, 5.74) is 2.36. The average Bonchev–Trinajstić information content (AvgIpc) is 2.58. The molecular weight excluding hydrogens is 176 g/mol. The van der Waals surface area contributed by atoms with Crippen molar-refractivity contribution in [1.29, 1.82) is 0 Å². The van der Waals surface area contributed by atoms with Gasteiger partial charge in [0, 0.05) is 13.1 Å². The SMILES string of the molecule is CCCCn1nnc(CNC)c1CC. The number of nitrogens with one attached hydrogen (secondary N) is 1. The number of rotatable bonds is 6. The monoisotopic (exact) mass is 196 g/mol. The summed E-state index contributed by atoms with van der Waals surface area (Å²) < 4.78 is 2.04. The molecule has 0 spiro atoms. The first-order valence-corrected chi connectivity index (χ1v) is 5.39. The van der Waals surface area contributed by atoms with Gasteiger partial charge in [0.2, 0.25) is 0 Å². The van der Waals surface area contributed by atoms with Crippen molar-refractivity contribution in [2.45, 2.75) is 46.2 Å². The molecule has 0 bridgehead atoms. The van der Waals surface area contributed by atoms with E-state index < -0.39 is 0 Å². The van der Waals surface area contributed by atoms with E-state index in [9.17, 15) is 0 Å². The summed E-state index contributed by atoms with van der Waals surface area (Å²) in [7, 11) is 1.94. The van der Waals surface area contributed by atoms with Crippen LogP contribution in [0.25, 0.3) is 0 Å². The molecule has 4 nitrogen and oxygen atoms in total. The van der Waals surface area contributed by atoms with Crippen molar-refractivity contribution in [2.24, 2.45) is 0 Å². The van der Waals surface area contributed by atoms with Crippen molar-refractivity contribution in [1.82, 2.24) is 20.3 Å². The normalized spacial score (nSPS) is 10.8. The van der Waals surface area contributed by atoms with Crippen LogP contribution in [-0.2, 0) is 19.5 Å². The maximum absolute atomic E-state index is 4.18.